The van der Waals surface area contributed by atoms with Crippen molar-refractivity contribution >= 4 is 34.1 Å². The lowest BCUT2D eigenvalue weighted by Crippen LogP contribution is -2.30. The molecule has 2 aromatic carbocycles. The summed E-state index contributed by atoms with van der Waals surface area (Å²) < 4.78 is 11.6. The molecule has 8 heteroatoms. The molecule has 0 saturated heterocycles. The third kappa shape index (κ3) is 5.70. The van der Waals surface area contributed by atoms with Gasteiger partial charge >= 0.3 is 0 Å². The normalized spacial score (nSPS) is 11.6. The Morgan fingerprint density at radius 2 is 1.93 bits per heavy atom. The number of amides is 1. The Hall–Kier alpha value is -2.58. The standard InChI is InChI=1S/C19H19N3O3S2/c1-13(25-16-10-6-9-15(11-16)24-2)17(23)20-18-21-22-19(27-18)26-12-14-7-4-3-5-8-14/h3-11,13H,12H2,1-2H3,(H,20,21,23)/t13-/m0/s1. The molecule has 0 aliphatic heterocycles. The maximum atomic E-state index is 12.3. The first-order valence-electron chi connectivity index (χ1n) is 8.26. The smallest absolute Gasteiger partial charge is 0.266 e. The lowest BCUT2D eigenvalue weighted by molar-refractivity contribution is -0.122. The molecule has 27 heavy (non-hydrogen) atoms. The molecule has 6 nitrogen and oxygen atoms in total. The summed E-state index contributed by atoms with van der Waals surface area (Å²) in [5.41, 5.74) is 1.21. The van der Waals surface area contributed by atoms with Gasteiger partial charge in [-0.25, -0.2) is 0 Å². The van der Waals surface area contributed by atoms with Crippen LogP contribution in [0.2, 0.25) is 0 Å². The van der Waals surface area contributed by atoms with E-state index in [1.54, 1.807) is 44.0 Å². The van der Waals surface area contributed by atoms with Gasteiger partial charge < -0.3 is 9.47 Å². The molecule has 1 atom stereocenters. The average Bonchev–Trinajstić information content (AvgIpc) is 3.14. The van der Waals surface area contributed by atoms with Crippen LogP contribution in [0.25, 0.3) is 0 Å². The lowest BCUT2D eigenvalue weighted by atomic mass is 10.2. The lowest BCUT2D eigenvalue weighted by Gasteiger charge is -2.14. The van der Waals surface area contributed by atoms with Gasteiger partial charge in [0.15, 0.2) is 10.4 Å². The van der Waals surface area contributed by atoms with Crippen molar-refractivity contribution in [3.63, 3.8) is 0 Å². The Morgan fingerprint density at radius 3 is 2.70 bits per heavy atom. The summed E-state index contributed by atoms with van der Waals surface area (Å²) in [6, 6.07) is 17.2. The molecule has 1 amide bonds. The summed E-state index contributed by atoms with van der Waals surface area (Å²) in [5, 5.41) is 11.3. The SMILES string of the molecule is COc1cccc(O[C@@H](C)C(=O)Nc2nnc(SCc3ccccc3)s2)c1. The fraction of sp³-hybridized carbons (Fsp3) is 0.211. The van der Waals surface area contributed by atoms with E-state index in [1.807, 2.05) is 24.3 Å². The zero-order valence-electron chi connectivity index (χ0n) is 14.9. The first-order valence-corrected chi connectivity index (χ1v) is 10.1. The van der Waals surface area contributed by atoms with Crippen molar-refractivity contribution in [2.24, 2.45) is 0 Å². The summed E-state index contributed by atoms with van der Waals surface area (Å²) >= 11 is 2.93. The van der Waals surface area contributed by atoms with Gasteiger partial charge in [0.1, 0.15) is 11.5 Å². The van der Waals surface area contributed by atoms with Gasteiger partial charge in [-0.1, -0.05) is 59.5 Å². The van der Waals surface area contributed by atoms with Crippen molar-refractivity contribution < 1.29 is 14.3 Å². The Morgan fingerprint density at radius 1 is 1.15 bits per heavy atom. The minimum Gasteiger partial charge on any atom is -0.497 e. The molecule has 140 valence electrons. The molecule has 0 fully saturated rings. The highest BCUT2D eigenvalue weighted by atomic mass is 32.2. The number of carbonyl (C=O) groups is 1. The number of thioether (sulfide) groups is 1. The average molecular weight is 402 g/mol. The van der Waals surface area contributed by atoms with Crippen LogP contribution in [0.4, 0.5) is 5.13 Å². The number of carbonyl (C=O) groups excluding carboxylic acids is 1. The van der Waals surface area contributed by atoms with E-state index in [9.17, 15) is 4.79 Å². The third-order valence-corrected chi connectivity index (χ3v) is 5.61. The zero-order valence-corrected chi connectivity index (χ0v) is 16.5. The van der Waals surface area contributed by atoms with Crippen LogP contribution in [0.5, 0.6) is 11.5 Å². The van der Waals surface area contributed by atoms with Crippen molar-refractivity contribution in [1.29, 1.82) is 0 Å². The van der Waals surface area contributed by atoms with Crippen molar-refractivity contribution in [3.8, 4) is 11.5 Å². The molecule has 0 saturated carbocycles. The summed E-state index contributed by atoms with van der Waals surface area (Å²) in [6.07, 6.45) is -0.679. The van der Waals surface area contributed by atoms with Gasteiger partial charge in [0, 0.05) is 11.8 Å². The van der Waals surface area contributed by atoms with Gasteiger partial charge in [0.2, 0.25) is 5.13 Å². The number of hydrogen-bond acceptors (Lipinski definition) is 7. The molecule has 1 heterocycles. The molecule has 0 radical (unpaired) electrons. The van der Waals surface area contributed by atoms with Crippen LogP contribution in [0.3, 0.4) is 0 Å². The maximum Gasteiger partial charge on any atom is 0.266 e. The second-order valence-electron chi connectivity index (χ2n) is 5.58. The molecule has 1 N–H and O–H groups in total. The maximum absolute atomic E-state index is 12.3. The largest absolute Gasteiger partial charge is 0.497 e. The number of methoxy groups -OCH3 is 1. The highest BCUT2D eigenvalue weighted by Gasteiger charge is 2.17. The number of rotatable bonds is 8. The van der Waals surface area contributed by atoms with E-state index in [1.165, 1.54) is 16.9 Å². The van der Waals surface area contributed by atoms with Gasteiger partial charge in [-0.2, -0.15) is 0 Å². The minimum absolute atomic E-state index is 0.284. The summed E-state index contributed by atoms with van der Waals surface area (Å²) in [5.74, 6) is 1.75. The third-order valence-electron chi connectivity index (χ3n) is 3.57. The first-order chi connectivity index (χ1) is 13.1. The molecule has 0 bridgehead atoms. The van der Waals surface area contributed by atoms with Crippen LogP contribution in [-0.2, 0) is 10.5 Å². The highest BCUT2D eigenvalue weighted by molar-refractivity contribution is 8.00. The molecule has 0 aliphatic rings. The van der Waals surface area contributed by atoms with E-state index in [2.05, 4.69) is 27.6 Å². The van der Waals surface area contributed by atoms with Gasteiger partial charge in [-0.15, -0.1) is 10.2 Å². The van der Waals surface area contributed by atoms with Crippen LogP contribution < -0.4 is 14.8 Å². The Balaban J connectivity index is 1.52. The fourth-order valence-electron chi connectivity index (χ4n) is 2.18. The Kier molecular flexibility index (Phi) is 6.67. The Labute approximate surface area is 165 Å². The second-order valence-corrected chi connectivity index (χ2v) is 7.78. The van der Waals surface area contributed by atoms with Crippen molar-refractivity contribution in [2.45, 2.75) is 23.1 Å². The predicted molar refractivity (Wildman–Crippen MR) is 108 cm³/mol. The molecule has 3 aromatic rings. The summed E-state index contributed by atoms with van der Waals surface area (Å²) in [4.78, 5) is 12.3. The van der Waals surface area contributed by atoms with Crippen LogP contribution in [0, 0.1) is 0 Å². The van der Waals surface area contributed by atoms with Crippen LogP contribution in [0.15, 0.2) is 58.9 Å². The zero-order chi connectivity index (χ0) is 19.1. The van der Waals surface area contributed by atoms with Crippen LogP contribution in [-0.4, -0.2) is 29.3 Å². The number of anilines is 1. The fourth-order valence-corrected chi connectivity index (χ4v) is 3.89. The van der Waals surface area contributed by atoms with E-state index >= 15 is 0 Å². The minimum atomic E-state index is -0.679. The van der Waals surface area contributed by atoms with Crippen molar-refractivity contribution in [1.82, 2.24) is 10.2 Å². The Bertz CT molecular complexity index is 887. The first kappa shape index (κ1) is 19.2. The predicted octanol–water partition coefficient (Wildman–Crippen LogP) is 4.25. The van der Waals surface area contributed by atoms with Gasteiger partial charge in [0.25, 0.3) is 5.91 Å². The van der Waals surface area contributed by atoms with Crippen molar-refractivity contribution in [2.75, 3.05) is 12.4 Å². The molecule has 0 aliphatic carbocycles. The topological polar surface area (TPSA) is 73.3 Å². The van der Waals surface area contributed by atoms with Gasteiger partial charge in [0.05, 0.1) is 7.11 Å². The quantitative estimate of drug-likeness (QED) is 0.449. The highest BCUT2D eigenvalue weighted by Crippen LogP contribution is 2.28. The summed E-state index contributed by atoms with van der Waals surface area (Å²) in [6.45, 7) is 1.68. The van der Waals surface area contributed by atoms with Gasteiger partial charge in [-0.3, -0.25) is 10.1 Å². The molecule has 1 aromatic heterocycles. The van der Waals surface area contributed by atoms with E-state index in [0.29, 0.717) is 16.6 Å². The number of aromatic nitrogens is 2. The number of benzene rings is 2. The van der Waals surface area contributed by atoms with E-state index in [4.69, 9.17) is 9.47 Å². The molecule has 0 spiro atoms. The van der Waals surface area contributed by atoms with E-state index in [-0.39, 0.29) is 5.91 Å². The molecule has 0 unspecified atom stereocenters. The number of ether oxygens (including phenoxy) is 2. The van der Waals surface area contributed by atoms with E-state index in [0.717, 1.165) is 10.1 Å². The number of nitrogens with one attached hydrogen (secondary N) is 1. The van der Waals surface area contributed by atoms with Crippen LogP contribution in [0.1, 0.15) is 12.5 Å². The molecule has 3 rings (SSSR count). The second kappa shape index (κ2) is 9.38. The molecular weight excluding hydrogens is 382 g/mol. The summed E-state index contributed by atoms with van der Waals surface area (Å²) in [7, 11) is 1.58. The van der Waals surface area contributed by atoms with Gasteiger partial charge in [-0.05, 0) is 24.6 Å². The van der Waals surface area contributed by atoms with Crippen molar-refractivity contribution in [3.05, 3.63) is 60.2 Å². The monoisotopic (exact) mass is 401 g/mol. The number of hydrogen-bond donors (Lipinski definition) is 1. The molecular formula is C19H19N3O3S2. The van der Waals surface area contributed by atoms with Crippen LogP contribution >= 0.6 is 23.1 Å². The van der Waals surface area contributed by atoms with E-state index < -0.39 is 6.10 Å². The number of nitrogens with zero attached hydrogens (tertiary/aromatic N) is 2.